The van der Waals surface area contributed by atoms with E-state index in [1.54, 1.807) is 14.2 Å². The Morgan fingerprint density at radius 2 is 1.65 bits per heavy atom. The molecule has 0 heterocycles. The van der Waals surface area contributed by atoms with Gasteiger partial charge in [0.05, 0.1) is 19.9 Å². The van der Waals surface area contributed by atoms with Gasteiger partial charge in [0, 0.05) is 11.3 Å². The third kappa shape index (κ3) is 3.09. The van der Waals surface area contributed by atoms with Crippen molar-refractivity contribution in [1.82, 2.24) is 0 Å². The van der Waals surface area contributed by atoms with Gasteiger partial charge in [-0.05, 0) is 74.1 Å². The molecule has 2 aromatic carbocycles. The molecular weight excluding hydrogens is 286 g/mol. The summed E-state index contributed by atoms with van der Waals surface area (Å²) in [4.78, 5) is 4.94. The van der Waals surface area contributed by atoms with Crippen LogP contribution in [0.3, 0.4) is 0 Å². The van der Waals surface area contributed by atoms with Crippen LogP contribution in [0.4, 0.5) is 5.69 Å². The van der Waals surface area contributed by atoms with Crippen molar-refractivity contribution in [2.24, 2.45) is 4.99 Å². The van der Waals surface area contributed by atoms with Gasteiger partial charge >= 0.3 is 0 Å². The zero-order valence-corrected chi connectivity index (χ0v) is 14.3. The average Bonchev–Trinajstić information content (AvgIpc) is 2.54. The summed E-state index contributed by atoms with van der Waals surface area (Å²) in [5.41, 5.74) is 6.96. The molecule has 0 spiro atoms. The molecule has 1 aliphatic carbocycles. The molecule has 0 aliphatic heterocycles. The van der Waals surface area contributed by atoms with Gasteiger partial charge in [0.25, 0.3) is 0 Å². The number of rotatable bonds is 3. The minimum atomic E-state index is 0.889. The molecule has 0 N–H and O–H groups in total. The number of methoxy groups -OCH3 is 2. The van der Waals surface area contributed by atoms with Gasteiger partial charge in [0.15, 0.2) is 0 Å². The molecule has 120 valence electrons. The molecule has 0 unspecified atom stereocenters. The van der Waals surface area contributed by atoms with Gasteiger partial charge in [-0.15, -0.1) is 0 Å². The van der Waals surface area contributed by atoms with Gasteiger partial charge < -0.3 is 9.47 Å². The number of aryl methyl sites for hydroxylation is 3. The topological polar surface area (TPSA) is 30.8 Å². The van der Waals surface area contributed by atoms with Crippen molar-refractivity contribution in [3.8, 4) is 11.5 Å². The summed E-state index contributed by atoms with van der Waals surface area (Å²) in [5, 5.41) is 0. The lowest BCUT2D eigenvalue weighted by Crippen LogP contribution is -2.11. The summed E-state index contributed by atoms with van der Waals surface area (Å²) in [7, 11) is 3.42. The van der Waals surface area contributed by atoms with Crippen LogP contribution in [0, 0.1) is 13.8 Å². The molecule has 0 radical (unpaired) electrons. The van der Waals surface area contributed by atoms with E-state index in [1.165, 1.54) is 11.1 Å². The molecule has 3 rings (SSSR count). The lowest BCUT2D eigenvalue weighted by Gasteiger charge is -2.19. The maximum atomic E-state index is 5.44. The van der Waals surface area contributed by atoms with Crippen LogP contribution in [0.2, 0.25) is 0 Å². The number of fused-ring (bicyclic) bond motifs is 1. The number of benzene rings is 2. The van der Waals surface area contributed by atoms with E-state index in [1.807, 2.05) is 6.07 Å². The molecule has 0 aromatic heterocycles. The van der Waals surface area contributed by atoms with Crippen LogP contribution in [0.25, 0.3) is 0 Å². The van der Waals surface area contributed by atoms with E-state index < -0.39 is 0 Å². The third-order valence-corrected chi connectivity index (χ3v) is 4.40. The Hall–Kier alpha value is -2.29. The molecular formula is C20H23NO2. The van der Waals surface area contributed by atoms with Crippen molar-refractivity contribution in [3.63, 3.8) is 0 Å². The summed E-state index contributed by atoms with van der Waals surface area (Å²) in [6, 6.07) is 10.5. The number of ether oxygens (including phenoxy) is 2. The Kier molecular flexibility index (Phi) is 4.37. The third-order valence-electron chi connectivity index (χ3n) is 4.40. The highest BCUT2D eigenvalue weighted by Crippen LogP contribution is 2.31. The fourth-order valence-electron chi connectivity index (χ4n) is 3.34. The first-order chi connectivity index (χ1) is 11.1. The van der Waals surface area contributed by atoms with Crippen LogP contribution in [-0.2, 0) is 6.42 Å². The zero-order valence-electron chi connectivity index (χ0n) is 14.3. The summed E-state index contributed by atoms with van der Waals surface area (Å²) < 4.78 is 10.8. The second kappa shape index (κ2) is 6.45. The molecule has 0 atom stereocenters. The highest BCUT2D eigenvalue weighted by molar-refractivity contribution is 6.04. The number of aliphatic imine (C=N–C) groups is 1. The SMILES string of the molecule is COc1ccc2c(c1)C(=Nc1cc(C)c(OC)c(C)c1)CCC2. The predicted molar refractivity (Wildman–Crippen MR) is 94.6 cm³/mol. The van der Waals surface area contributed by atoms with E-state index in [0.29, 0.717) is 0 Å². The van der Waals surface area contributed by atoms with E-state index in [0.717, 1.165) is 53.3 Å². The number of hydrogen-bond donors (Lipinski definition) is 0. The molecule has 0 saturated carbocycles. The average molecular weight is 309 g/mol. The van der Waals surface area contributed by atoms with Gasteiger partial charge in [-0.1, -0.05) is 6.07 Å². The molecule has 23 heavy (non-hydrogen) atoms. The second-order valence-electron chi connectivity index (χ2n) is 6.05. The van der Waals surface area contributed by atoms with Gasteiger partial charge in [0.2, 0.25) is 0 Å². The Balaban J connectivity index is 2.05. The molecule has 2 aromatic rings. The maximum Gasteiger partial charge on any atom is 0.124 e. The second-order valence-corrected chi connectivity index (χ2v) is 6.05. The normalized spacial score (nSPS) is 15.4. The molecule has 0 fully saturated rings. The van der Waals surface area contributed by atoms with Crippen LogP contribution >= 0.6 is 0 Å². The zero-order chi connectivity index (χ0) is 16.4. The van der Waals surface area contributed by atoms with E-state index in [2.05, 4.69) is 38.1 Å². The highest BCUT2D eigenvalue weighted by Gasteiger charge is 2.17. The summed E-state index contributed by atoms with van der Waals surface area (Å²) >= 11 is 0. The van der Waals surface area contributed by atoms with Gasteiger partial charge in [0.1, 0.15) is 11.5 Å². The molecule has 0 saturated heterocycles. The van der Waals surface area contributed by atoms with Crippen molar-refractivity contribution in [3.05, 3.63) is 52.6 Å². The Morgan fingerprint density at radius 1 is 0.913 bits per heavy atom. The van der Waals surface area contributed by atoms with Gasteiger partial charge in [-0.25, -0.2) is 0 Å². The lowest BCUT2D eigenvalue weighted by molar-refractivity contribution is 0.408. The van der Waals surface area contributed by atoms with Gasteiger partial charge in [-0.3, -0.25) is 4.99 Å². The minimum absolute atomic E-state index is 0.889. The lowest BCUT2D eigenvalue weighted by atomic mass is 9.89. The first-order valence-corrected chi connectivity index (χ1v) is 8.02. The van der Waals surface area contributed by atoms with Crippen molar-refractivity contribution in [1.29, 1.82) is 0 Å². The van der Waals surface area contributed by atoms with Crippen LogP contribution in [0.5, 0.6) is 11.5 Å². The largest absolute Gasteiger partial charge is 0.497 e. The summed E-state index contributed by atoms with van der Waals surface area (Å²) in [5.74, 6) is 1.83. The van der Waals surface area contributed by atoms with E-state index in [-0.39, 0.29) is 0 Å². The fourth-order valence-corrected chi connectivity index (χ4v) is 3.34. The number of hydrogen-bond acceptors (Lipinski definition) is 3. The van der Waals surface area contributed by atoms with Crippen molar-refractivity contribution < 1.29 is 9.47 Å². The standard InChI is InChI=1S/C20H23NO2/c1-13-10-16(11-14(2)20(13)23-4)21-19-7-5-6-15-8-9-17(22-3)12-18(15)19/h8-12H,5-7H2,1-4H3. The van der Waals surface area contributed by atoms with Crippen molar-refractivity contribution in [2.45, 2.75) is 33.1 Å². The van der Waals surface area contributed by atoms with E-state index in [9.17, 15) is 0 Å². The number of nitrogens with zero attached hydrogens (tertiary/aromatic N) is 1. The predicted octanol–water partition coefficient (Wildman–Crippen LogP) is 4.78. The van der Waals surface area contributed by atoms with E-state index >= 15 is 0 Å². The Bertz CT molecular complexity index is 739. The van der Waals surface area contributed by atoms with Gasteiger partial charge in [-0.2, -0.15) is 0 Å². The Morgan fingerprint density at radius 3 is 2.30 bits per heavy atom. The van der Waals surface area contributed by atoms with Crippen LogP contribution in [0.15, 0.2) is 35.3 Å². The smallest absolute Gasteiger partial charge is 0.124 e. The summed E-state index contributed by atoms with van der Waals surface area (Å²) in [6.45, 7) is 4.13. The Labute approximate surface area is 138 Å². The van der Waals surface area contributed by atoms with Crippen molar-refractivity contribution in [2.75, 3.05) is 14.2 Å². The monoisotopic (exact) mass is 309 g/mol. The molecule has 3 heteroatoms. The molecule has 1 aliphatic rings. The minimum Gasteiger partial charge on any atom is -0.497 e. The maximum absolute atomic E-state index is 5.44. The molecule has 0 amide bonds. The van der Waals surface area contributed by atoms with Crippen molar-refractivity contribution >= 4 is 11.4 Å². The highest BCUT2D eigenvalue weighted by atomic mass is 16.5. The van der Waals surface area contributed by atoms with Crippen LogP contribution in [-0.4, -0.2) is 19.9 Å². The molecule has 0 bridgehead atoms. The first kappa shape index (κ1) is 15.6. The van der Waals surface area contributed by atoms with Crippen LogP contribution < -0.4 is 9.47 Å². The van der Waals surface area contributed by atoms with E-state index in [4.69, 9.17) is 14.5 Å². The molecule has 3 nitrogen and oxygen atoms in total. The first-order valence-electron chi connectivity index (χ1n) is 8.02. The van der Waals surface area contributed by atoms with Crippen LogP contribution in [0.1, 0.15) is 35.1 Å². The quantitative estimate of drug-likeness (QED) is 0.817. The fraction of sp³-hybridized carbons (Fsp3) is 0.350. The summed E-state index contributed by atoms with van der Waals surface area (Å²) in [6.07, 6.45) is 3.26.